The van der Waals surface area contributed by atoms with Crippen molar-refractivity contribution in [3.63, 3.8) is 0 Å². The number of nitrogens with zero attached hydrogens (tertiary/aromatic N) is 4. The molecule has 3 rings (SSSR count). The predicted molar refractivity (Wildman–Crippen MR) is 83.7 cm³/mol. The van der Waals surface area contributed by atoms with Crippen molar-refractivity contribution in [1.82, 2.24) is 24.8 Å². The van der Waals surface area contributed by atoms with Gasteiger partial charge in [0.15, 0.2) is 11.5 Å². The average Bonchev–Trinajstić information content (AvgIpc) is 3.15. The Morgan fingerprint density at radius 3 is 2.80 bits per heavy atom. The van der Waals surface area contributed by atoms with Crippen LogP contribution in [0, 0.1) is 0 Å². The highest BCUT2D eigenvalue weighted by Crippen LogP contribution is 2.38. The largest absolute Gasteiger partial charge is 0.394 e. The fourth-order valence-electron chi connectivity index (χ4n) is 2.86. The minimum Gasteiger partial charge on any atom is -0.394 e. The third-order valence-corrected chi connectivity index (χ3v) is 4.09. The van der Waals surface area contributed by atoms with Crippen molar-refractivity contribution in [3.05, 3.63) is 12.7 Å². The van der Waals surface area contributed by atoms with E-state index in [1.54, 1.807) is 0 Å². The third kappa shape index (κ3) is 2.51. The van der Waals surface area contributed by atoms with Gasteiger partial charge in [0.25, 0.3) is 11.6 Å². The van der Waals surface area contributed by atoms with E-state index in [9.17, 15) is 20.1 Å². The molecular formula is C13H19N7O5. The lowest BCUT2D eigenvalue weighted by Gasteiger charge is -2.32. The van der Waals surface area contributed by atoms with E-state index in [2.05, 4.69) is 20.3 Å². The molecule has 8 N–H and O–H groups in total. The number of aromatic nitrogens is 4. The Kier molecular flexibility index (Phi) is 4.53. The molecule has 12 heteroatoms. The van der Waals surface area contributed by atoms with Crippen LogP contribution in [0.5, 0.6) is 0 Å². The summed E-state index contributed by atoms with van der Waals surface area (Å²) >= 11 is 0. The van der Waals surface area contributed by atoms with Gasteiger partial charge in [-0.1, -0.05) is 0 Å². The highest BCUT2D eigenvalue weighted by Gasteiger charge is 2.61. The Labute approximate surface area is 141 Å². The number of hydrogen-bond donors (Lipinski definition) is 6. The van der Waals surface area contributed by atoms with Gasteiger partial charge in [0.2, 0.25) is 0 Å². The number of carbonyl (C=O) groups is 1. The van der Waals surface area contributed by atoms with E-state index < -0.39 is 36.6 Å². The lowest BCUT2D eigenvalue weighted by atomic mass is 10.0. The summed E-state index contributed by atoms with van der Waals surface area (Å²) in [4.78, 5) is 24.7. The van der Waals surface area contributed by atoms with Crippen LogP contribution < -0.4 is 16.8 Å². The van der Waals surface area contributed by atoms with Crippen LogP contribution in [0.2, 0.25) is 0 Å². The second-order valence-electron chi connectivity index (χ2n) is 5.56. The van der Waals surface area contributed by atoms with Crippen LogP contribution in [0.25, 0.3) is 11.2 Å². The molecule has 1 amide bonds. The number of hydrogen-bond acceptors (Lipinski definition) is 10. The fraction of sp³-hybridized carbons (Fsp3) is 0.538. The molecule has 1 aliphatic rings. The molecule has 136 valence electrons. The first kappa shape index (κ1) is 17.4. The monoisotopic (exact) mass is 353 g/mol. The van der Waals surface area contributed by atoms with Crippen LogP contribution in [0.4, 0.5) is 5.82 Å². The van der Waals surface area contributed by atoms with Gasteiger partial charge in [-0.2, -0.15) is 0 Å². The highest BCUT2D eigenvalue weighted by molar-refractivity contribution is 5.88. The SMILES string of the molecule is NCCNC(=O)[C@@]1(n2cnc3c(N)ncnc32)O[C@H](CO)[C@@H](O)[C@H]1O. The molecule has 0 saturated carbocycles. The Morgan fingerprint density at radius 1 is 1.40 bits per heavy atom. The lowest BCUT2D eigenvalue weighted by molar-refractivity contribution is -0.176. The number of rotatable bonds is 5. The van der Waals surface area contributed by atoms with Crippen molar-refractivity contribution >= 4 is 22.9 Å². The molecule has 2 aromatic heterocycles. The molecule has 0 radical (unpaired) electrons. The van der Waals surface area contributed by atoms with Gasteiger partial charge >= 0.3 is 0 Å². The number of carbonyl (C=O) groups excluding carboxylic acids is 1. The first-order valence-electron chi connectivity index (χ1n) is 7.54. The van der Waals surface area contributed by atoms with Crippen molar-refractivity contribution < 1.29 is 24.9 Å². The minimum absolute atomic E-state index is 0.0769. The summed E-state index contributed by atoms with van der Waals surface area (Å²) in [7, 11) is 0. The van der Waals surface area contributed by atoms with E-state index in [0.29, 0.717) is 0 Å². The van der Waals surface area contributed by atoms with Crippen molar-refractivity contribution in [3.8, 4) is 0 Å². The van der Waals surface area contributed by atoms with E-state index in [4.69, 9.17) is 16.2 Å². The van der Waals surface area contributed by atoms with Crippen LogP contribution in [-0.2, 0) is 15.3 Å². The standard InChI is InChI=1S/C13H19N7O5/c14-1-2-16-12(24)13(9(23)8(22)6(3-21)25-13)20-5-19-7-10(15)17-4-18-11(7)20/h4-6,8-9,21-23H,1-3,14H2,(H,16,24)(H2,15,17,18)/t6-,8-,9-,13+/m1/s1. The molecule has 1 saturated heterocycles. The summed E-state index contributed by atoms with van der Waals surface area (Å²) in [6.45, 7) is -0.335. The molecule has 0 aromatic carbocycles. The summed E-state index contributed by atoms with van der Waals surface area (Å²) in [5, 5.41) is 32.6. The second kappa shape index (κ2) is 6.50. The number of fused-ring (bicyclic) bond motifs is 1. The number of imidazole rings is 1. The van der Waals surface area contributed by atoms with Crippen molar-refractivity contribution in [2.24, 2.45) is 5.73 Å². The smallest absolute Gasteiger partial charge is 0.277 e. The zero-order valence-corrected chi connectivity index (χ0v) is 13.1. The molecule has 0 spiro atoms. The Morgan fingerprint density at radius 2 is 2.16 bits per heavy atom. The van der Waals surface area contributed by atoms with Crippen molar-refractivity contribution in [2.45, 2.75) is 24.0 Å². The molecule has 1 fully saturated rings. The number of nitrogen functional groups attached to an aromatic ring is 1. The maximum Gasteiger partial charge on any atom is 0.277 e. The number of anilines is 1. The number of aliphatic hydroxyl groups is 3. The number of amides is 1. The molecule has 3 heterocycles. The number of nitrogens with two attached hydrogens (primary N) is 2. The van der Waals surface area contributed by atoms with E-state index >= 15 is 0 Å². The van der Waals surface area contributed by atoms with Crippen LogP contribution in [0.3, 0.4) is 0 Å². The van der Waals surface area contributed by atoms with Gasteiger partial charge in [-0.15, -0.1) is 0 Å². The van der Waals surface area contributed by atoms with Crippen LogP contribution >= 0.6 is 0 Å². The van der Waals surface area contributed by atoms with Gasteiger partial charge in [-0.05, 0) is 0 Å². The van der Waals surface area contributed by atoms with E-state index in [1.807, 2.05) is 0 Å². The van der Waals surface area contributed by atoms with Crippen LogP contribution in [-0.4, -0.2) is 78.8 Å². The van der Waals surface area contributed by atoms with Gasteiger partial charge in [0.05, 0.1) is 6.61 Å². The molecular weight excluding hydrogens is 334 g/mol. The zero-order valence-electron chi connectivity index (χ0n) is 13.1. The summed E-state index contributed by atoms with van der Waals surface area (Å²) in [5.74, 6) is -0.690. The molecule has 2 aromatic rings. The van der Waals surface area contributed by atoms with Gasteiger partial charge < -0.3 is 36.8 Å². The van der Waals surface area contributed by atoms with E-state index in [1.165, 1.54) is 12.7 Å². The Balaban J connectivity index is 2.17. The first-order valence-corrected chi connectivity index (χ1v) is 7.54. The van der Waals surface area contributed by atoms with Crippen molar-refractivity contribution in [1.29, 1.82) is 0 Å². The third-order valence-electron chi connectivity index (χ3n) is 4.09. The number of nitrogens with one attached hydrogen (secondary N) is 1. The van der Waals surface area contributed by atoms with Gasteiger partial charge in [-0.25, -0.2) is 15.0 Å². The quantitative estimate of drug-likeness (QED) is 0.311. The zero-order chi connectivity index (χ0) is 18.2. The number of ether oxygens (including phenoxy) is 1. The molecule has 0 aliphatic carbocycles. The molecule has 0 bridgehead atoms. The summed E-state index contributed by atoms with van der Waals surface area (Å²) < 4.78 is 6.76. The molecule has 0 unspecified atom stereocenters. The summed E-state index contributed by atoms with van der Waals surface area (Å²) in [6, 6.07) is 0. The average molecular weight is 353 g/mol. The van der Waals surface area contributed by atoms with Gasteiger partial charge in [0, 0.05) is 13.1 Å². The highest BCUT2D eigenvalue weighted by atomic mass is 16.6. The Bertz CT molecular complexity index is 783. The summed E-state index contributed by atoms with van der Waals surface area (Å²) in [6.07, 6.45) is -2.02. The molecule has 1 aliphatic heterocycles. The topological polar surface area (TPSA) is 195 Å². The maximum atomic E-state index is 12.8. The van der Waals surface area contributed by atoms with Crippen molar-refractivity contribution in [2.75, 3.05) is 25.4 Å². The Hall–Kier alpha value is -2.38. The fourth-order valence-corrected chi connectivity index (χ4v) is 2.86. The normalized spacial score (nSPS) is 29.2. The predicted octanol–water partition coefficient (Wildman–Crippen LogP) is -3.75. The van der Waals surface area contributed by atoms with Crippen LogP contribution in [0.15, 0.2) is 12.7 Å². The van der Waals surface area contributed by atoms with Crippen LogP contribution in [0.1, 0.15) is 0 Å². The molecule has 25 heavy (non-hydrogen) atoms. The first-order chi connectivity index (χ1) is 12.0. The molecule has 12 nitrogen and oxygen atoms in total. The van der Waals surface area contributed by atoms with Gasteiger partial charge in [-0.3, -0.25) is 9.36 Å². The lowest BCUT2D eigenvalue weighted by Crippen LogP contribution is -2.57. The van der Waals surface area contributed by atoms with Gasteiger partial charge in [0.1, 0.15) is 36.5 Å². The van der Waals surface area contributed by atoms with E-state index in [-0.39, 0.29) is 30.1 Å². The summed E-state index contributed by atoms with van der Waals surface area (Å²) in [5.41, 5.74) is 9.37. The van der Waals surface area contributed by atoms with E-state index in [0.717, 1.165) is 4.57 Å². The minimum atomic E-state index is -2.10. The second-order valence-corrected chi connectivity index (χ2v) is 5.56. The molecule has 4 atom stereocenters. The maximum absolute atomic E-state index is 12.8. The number of aliphatic hydroxyl groups excluding tert-OH is 3.